The predicted molar refractivity (Wildman–Crippen MR) is 235 cm³/mol. The van der Waals surface area contributed by atoms with Gasteiger partial charge < -0.3 is 9.13 Å². The maximum absolute atomic E-state index is 5.09. The van der Waals surface area contributed by atoms with E-state index < -0.39 is 0 Å². The maximum atomic E-state index is 5.09. The Morgan fingerprint density at radius 2 is 0.737 bits per heavy atom. The van der Waals surface area contributed by atoms with E-state index in [1.54, 1.807) is 0 Å². The number of rotatable bonds is 6. The molecule has 0 bridgehead atoms. The van der Waals surface area contributed by atoms with Crippen molar-refractivity contribution in [3.05, 3.63) is 200 Å². The Labute approximate surface area is 329 Å². The predicted octanol–water partition coefficient (Wildman–Crippen LogP) is 13.0. The topological polar surface area (TPSA) is 48.5 Å². The fourth-order valence-electron chi connectivity index (χ4n) is 8.44. The molecule has 0 fully saturated rings. The van der Waals surface area contributed by atoms with Crippen LogP contribution in [0.4, 0.5) is 0 Å². The fourth-order valence-corrected chi connectivity index (χ4v) is 8.44. The Bertz CT molecular complexity index is 3190. The standard InChI is InChI=1S/C52H35N5/c1-34-16-8-12-24-44(34)56-48-30-28-37(39-21-9-13-25-45(39)57-46-26-14-10-22-40(46)41-23-11-15-27-47(41)57)32-42(48)43-33-38(29-31-49(43)56)52-54-50(35-17-4-2-5-18-35)53-51(55-52)36-19-6-3-7-20-36/h2-33H,1H3. The lowest BCUT2D eigenvalue weighted by Crippen LogP contribution is -2.00. The molecule has 0 aliphatic heterocycles. The first-order valence-corrected chi connectivity index (χ1v) is 19.3. The van der Waals surface area contributed by atoms with E-state index in [0.717, 1.165) is 61.0 Å². The number of hydrogen-bond donors (Lipinski definition) is 0. The second-order valence-corrected chi connectivity index (χ2v) is 14.5. The van der Waals surface area contributed by atoms with Crippen LogP contribution in [0.5, 0.6) is 0 Å². The van der Waals surface area contributed by atoms with E-state index in [0.29, 0.717) is 17.5 Å². The van der Waals surface area contributed by atoms with Crippen molar-refractivity contribution in [2.45, 2.75) is 6.92 Å². The van der Waals surface area contributed by atoms with Gasteiger partial charge in [0.05, 0.1) is 27.8 Å². The Hall–Kier alpha value is -7.63. The van der Waals surface area contributed by atoms with Crippen molar-refractivity contribution in [3.8, 4) is 56.7 Å². The van der Waals surface area contributed by atoms with E-state index in [9.17, 15) is 0 Å². The first-order valence-electron chi connectivity index (χ1n) is 19.3. The number of aromatic nitrogens is 5. The molecule has 5 nitrogen and oxygen atoms in total. The monoisotopic (exact) mass is 729 g/mol. The van der Waals surface area contributed by atoms with Gasteiger partial charge in [0.25, 0.3) is 0 Å². The number of benzene rings is 8. The third kappa shape index (κ3) is 5.43. The molecule has 0 saturated carbocycles. The van der Waals surface area contributed by atoms with Gasteiger partial charge in [0.2, 0.25) is 0 Å². The highest BCUT2D eigenvalue weighted by Crippen LogP contribution is 2.40. The highest BCUT2D eigenvalue weighted by molar-refractivity contribution is 6.13. The highest BCUT2D eigenvalue weighted by Gasteiger charge is 2.20. The van der Waals surface area contributed by atoms with Crippen LogP contribution in [0.1, 0.15) is 5.56 Å². The van der Waals surface area contributed by atoms with Gasteiger partial charge in [-0.2, -0.15) is 0 Å². The van der Waals surface area contributed by atoms with Crippen LogP contribution in [0.15, 0.2) is 194 Å². The van der Waals surface area contributed by atoms with E-state index in [-0.39, 0.29) is 0 Å². The molecule has 5 heteroatoms. The molecule has 0 amide bonds. The second kappa shape index (κ2) is 13.3. The number of aryl methyl sites for hydroxylation is 1. The molecule has 3 aromatic heterocycles. The molecule has 0 aliphatic carbocycles. The van der Waals surface area contributed by atoms with Crippen molar-refractivity contribution in [3.63, 3.8) is 0 Å². The molecule has 0 aliphatic rings. The summed E-state index contributed by atoms with van der Waals surface area (Å²) in [4.78, 5) is 15.1. The Balaban J connectivity index is 1.15. The van der Waals surface area contributed by atoms with Crippen molar-refractivity contribution < 1.29 is 0 Å². The molecule has 3 heterocycles. The van der Waals surface area contributed by atoms with Crippen molar-refractivity contribution in [2.24, 2.45) is 0 Å². The summed E-state index contributed by atoms with van der Waals surface area (Å²) in [5.41, 5.74) is 13.3. The Morgan fingerprint density at radius 1 is 0.316 bits per heavy atom. The Kier molecular flexibility index (Phi) is 7.64. The normalized spacial score (nSPS) is 11.6. The largest absolute Gasteiger partial charge is 0.309 e. The van der Waals surface area contributed by atoms with Gasteiger partial charge in [-0.15, -0.1) is 0 Å². The third-order valence-corrected chi connectivity index (χ3v) is 11.1. The van der Waals surface area contributed by atoms with Crippen LogP contribution in [0, 0.1) is 6.92 Å². The quantitative estimate of drug-likeness (QED) is 0.171. The summed E-state index contributed by atoms with van der Waals surface area (Å²) < 4.78 is 4.80. The molecule has 0 saturated heterocycles. The molecule has 0 unspecified atom stereocenters. The number of fused-ring (bicyclic) bond motifs is 6. The number of para-hydroxylation sites is 4. The van der Waals surface area contributed by atoms with Crippen LogP contribution >= 0.6 is 0 Å². The average Bonchev–Trinajstić information content (AvgIpc) is 3.79. The van der Waals surface area contributed by atoms with Gasteiger partial charge in [-0.25, -0.2) is 15.0 Å². The summed E-state index contributed by atoms with van der Waals surface area (Å²) >= 11 is 0. The first-order chi connectivity index (χ1) is 28.2. The lowest BCUT2D eigenvalue weighted by Gasteiger charge is -2.15. The minimum Gasteiger partial charge on any atom is -0.309 e. The lowest BCUT2D eigenvalue weighted by atomic mass is 10.00. The van der Waals surface area contributed by atoms with Crippen molar-refractivity contribution in [1.82, 2.24) is 24.1 Å². The summed E-state index contributed by atoms with van der Waals surface area (Å²) in [5, 5.41) is 4.78. The molecule has 0 spiro atoms. The molecule has 8 aromatic carbocycles. The van der Waals surface area contributed by atoms with Crippen LogP contribution < -0.4 is 0 Å². The molecule has 0 atom stereocenters. The first kappa shape index (κ1) is 32.8. The molecule has 11 aromatic rings. The zero-order valence-corrected chi connectivity index (χ0v) is 31.2. The van der Waals surface area contributed by atoms with Gasteiger partial charge in [-0.05, 0) is 72.6 Å². The molecule has 11 rings (SSSR count). The van der Waals surface area contributed by atoms with Crippen LogP contribution in [0.3, 0.4) is 0 Å². The van der Waals surface area contributed by atoms with Crippen LogP contribution in [-0.4, -0.2) is 24.1 Å². The molecular weight excluding hydrogens is 695 g/mol. The van der Waals surface area contributed by atoms with Crippen LogP contribution in [0.2, 0.25) is 0 Å². The molecular formula is C52H35N5. The van der Waals surface area contributed by atoms with Crippen LogP contribution in [-0.2, 0) is 0 Å². The molecule has 57 heavy (non-hydrogen) atoms. The minimum atomic E-state index is 0.634. The summed E-state index contributed by atoms with van der Waals surface area (Å²) in [5.74, 6) is 1.92. The second-order valence-electron chi connectivity index (χ2n) is 14.5. The molecule has 0 radical (unpaired) electrons. The maximum Gasteiger partial charge on any atom is 0.164 e. The van der Waals surface area contributed by atoms with Gasteiger partial charge in [-0.1, -0.05) is 140 Å². The molecule has 268 valence electrons. The third-order valence-electron chi connectivity index (χ3n) is 11.1. The zero-order chi connectivity index (χ0) is 37.9. The van der Waals surface area contributed by atoms with Crippen molar-refractivity contribution in [1.29, 1.82) is 0 Å². The summed E-state index contributed by atoms with van der Waals surface area (Å²) in [7, 11) is 0. The van der Waals surface area contributed by atoms with E-state index in [1.165, 1.54) is 27.4 Å². The summed E-state index contributed by atoms with van der Waals surface area (Å²) in [6.07, 6.45) is 0. The zero-order valence-electron chi connectivity index (χ0n) is 31.2. The van der Waals surface area contributed by atoms with Gasteiger partial charge >= 0.3 is 0 Å². The van der Waals surface area contributed by atoms with Gasteiger partial charge in [-0.3, -0.25) is 0 Å². The minimum absolute atomic E-state index is 0.634. The SMILES string of the molecule is Cc1ccccc1-n1c2ccc(-c3nc(-c4ccccc4)nc(-c4ccccc4)n3)cc2c2cc(-c3ccccc3-n3c4ccccc4c4ccccc43)ccc21. The highest BCUT2D eigenvalue weighted by atomic mass is 15.0. The van der Waals surface area contributed by atoms with Gasteiger partial charge in [0.1, 0.15) is 0 Å². The molecule has 0 N–H and O–H groups in total. The van der Waals surface area contributed by atoms with E-state index in [1.807, 2.05) is 60.7 Å². The smallest absolute Gasteiger partial charge is 0.164 e. The van der Waals surface area contributed by atoms with Crippen molar-refractivity contribution >= 4 is 43.6 Å². The average molecular weight is 730 g/mol. The van der Waals surface area contributed by atoms with E-state index in [2.05, 4.69) is 150 Å². The van der Waals surface area contributed by atoms with E-state index >= 15 is 0 Å². The number of nitrogens with zero attached hydrogens (tertiary/aromatic N) is 5. The van der Waals surface area contributed by atoms with Gasteiger partial charge in [0.15, 0.2) is 17.5 Å². The van der Waals surface area contributed by atoms with Crippen molar-refractivity contribution in [2.75, 3.05) is 0 Å². The fraction of sp³-hybridized carbons (Fsp3) is 0.0192. The van der Waals surface area contributed by atoms with Crippen LogP contribution in [0.25, 0.3) is 100 Å². The van der Waals surface area contributed by atoms with Gasteiger partial charge in [0, 0.05) is 49.5 Å². The number of hydrogen-bond acceptors (Lipinski definition) is 3. The van der Waals surface area contributed by atoms with E-state index in [4.69, 9.17) is 15.0 Å². The Morgan fingerprint density at radius 3 is 1.33 bits per heavy atom. The summed E-state index contributed by atoms with van der Waals surface area (Å²) in [6.45, 7) is 2.18. The summed E-state index contributed by atoms with van der Waals surface area (Å²) in [6, 6.07) is 68.6. The lowest BCUT2D eigenvalue weighted by molar-refractivity contribution is 1.07.